The van der Waals surface area contributed by atoms with Gasteiger partial charge in [0, 0.05) is 13.1 Å². The smallest absolute Gasteiger partial charge is 0.294 e. The molecule has 2 fully saturated rings. The molecule has 140 valence electrons. The van der Waals surface area contributed by atoms with Crippen molar-refractivity contribution in [3.63, 3.8) is 0 Å². The molecule has 5 amide bonds. The van der Waals surface area contributed by atoms with Gasteiger partial charge in [-0.15, -0.1) is 0 Å². The van der Waals surface area contributed by atoms with Gasteiger partial charge in [0.15, 0.2) is 0 Å². The van der Waals surface area contributed by atoms with Crippen LogP contribution < -0.4 is 5.32 Å². The van der Waals surface area contributed by atoms with Crippen LogP contribution in [0.3, 0.4) is 0 Å². The van der Waals surface area contributed by atoms with Gasteiger partial charge in [-0.3, -0.25) is 33.8 Å². The Hall–Kier alpha value is -2.59. The molecule has 1 aromatic rings. The van der Waals surface area contributed by atoms with Crippen molar-refractivity contribution in [2.75, 3.05) is 25.4 Å². The number of hydrogen-bond acceptors (Lipinski definition) is 7. The number of rotatable bonds is 6. The van der Waals surface area contributed by atoms with Crippen LogP contribution >= 0.6 is 23.5 Å². The first kappa shape index (κ1) is 19.2. The van der Waals surface area contributed by atoms with Crippen molar-refractivity contribution in [2.24, 2.45) is 0 Å². The summed E-state index contributed by atoms with van der Waals surface area (Å²) < 4.78 is 0. The topological polar surface area (TPSA) is 104 Å². The number of nitrogens with zero attached hydrogens (tertiary/aromatic N) is 2. The molecule has 0 unspecified atom stereocenters. The van der Waals surface area contributed by atoms with Gasteiger partial charge in [-0.2, -0.15) is 0 Å². The Morgan fingerprint density at radius 1 is 1.07 bits per heavy atom. The summed E-state index contributed by atoms with van der Waals surface area (Å²) in [6.45, 7) is -0.285. The zero-order valence-corrected chi connectivity index (χ0v) is 15.7. The molecule has 0 aliphatic carbocycles. The van der Waals surface area contributed by atoms with Crippen molar-refractivity contribution < 1.29 is 24.0 Å². The molecule has 8 nitrogen and oxygen atoms in total. The molecule has 10 heteroatoms. The molecule has 3 rings (SSSR count). The highest BCUT2D eigenvalue weighted by atomic mass is 32.2. The van der Waals surface area contributed by atoms with Crippen molar-refractivity contribution in [3.05, 3.63) is 40.8 Å². The number of amides is 5. The maximum atomic E-state index is 12.4. The van der Waals surface area contributed by atoms with E-state index in [9.17, 15) is 24.0 Å². The highest BCUT2D eigenvalue weighted by Crippen LogP contribution is 2.31. The van der Waals surface area contributed by atoms with E-state index in [-0.39, 0.29) is 34.9 Å². The average molecular weight is 405 g/mol. The lowest BCUT2D eigenvalue weighted by molar-refractivity contribution is -0.129. The van der Waals surface area contributed by atoms with Gasteiger partial charge in [-0.1, -0.05) is 42.1 Å². The van der Waals surface area contributed by atoms with Crippen molar-refractivity contribution in [1.29, 1.82) is 0 Å². The van der Waals surface area contributed by atoms with Crippen LogP contribution in [0.1, 0.15) is 5.56 Å². The number of carbonyl (C=O) groups excluding carboxylic acids is 5. The van der Waals surface area contributed by atoms with Gasteiger partial charge in [0.05, 0.1) is 10.7 Å². The maximum Gasteiger partial charge on any atom is 0.294 e. The van der Waals surface area contributed by atoms with E-state index in [0.29, 0.717) is 0 Å². The molecular weight excluding hydrogens is 390 g/mol. The zero-order valence-electron chi connectivity index (χ0n) is 14.0. The third-order valence-corrected chi connectivity index (χ3v) is 5.54. The monoisotopic (exact) mass is 405 g/mol. The number of imide groups is 2. The maximum absolute atomic E-state index is 12.4. The van der Waals surface area contributed by atoms with E-state index in [1.165, 1.54) is 0 Å². The molecule has 2 aliphatic heterocycles. The summed E-state index contributed by atoms with van der Waals surface area (Å²) in [5, 5.41) is 1.66. The Labute approximate surface area is 163 Å². The van der Waals surface area contributed by atoms with Crippen LogP contribution in [0.15, 0.2) is 35.2 Å². The lowest BCUT2D eigenvalue weighted by Gasteiger charge is -2.15. The summed E-state index contributed by atoms with van der Waals surface area (Å²) in [5.41, 5.74) is 0.783. The van der Waals surface area contributed by atoms with Crippen LogP contribution in [0.25, 0.3) is 6.08 Å². The lowest BCUT2D eigenvalue weighted by atomic mass is 10.2. The highest BCUT2D eigenvalue weighted by Gasteiger charge is 2.36. The molecule has 0 saturated carbocycles. The summed E-state index contributed by atoms with van der Waals surface area (Å²) in [7, 11) is 0. The summed E-state index contributed by atoms with van der Waals surface area (Å²) in [5.74, 6) is -1.25. The number of nitrogens with one attached hydrogen (secondary N) is 1. The number of thioether (sulfide) groups is 2. The first-order valence-electron chi connectivity index (χ1n) is 8.00. The Balaban J connectivity index is 1.52. The Morgan fingerprint density at radius 3 is 2.48 bits per heavy atom. The molecule has 0 atom stereocenters. The molecule has 0 spiro atoms. The minimum Gasteiger partial charge on any atom is -0.353 e. The van der Waals surface area contributed by atoms with Gasteiger partial charge >= 0.3 is 0 Å². The Kier molecular flexibility index (Phi) is 5.97. The SMILES string of the molecule is O=C(CN1C(=O)S/C(=C/c2ccccc2)C1=O)NCCN1C(=O)CSC1=O. The van der Waals surface area contributed by atoms with Crippen LogP contribution in [-0.2, 0) is 14.4 Å². The standard InChI is InChI=1S/C17H15N3O5S2/c21-13(18-6-7-19-14(22)10-26-16(19)24)9-20-15(23)12(27-17(20)25)8-11-4-2-1-3-5-11/h1-5,8H,6-7,9-10H2,(H,18,21)/b12-8+. The molecule has 2 saturated heterocycles. The fraction of sp³-hybridized carbons (Fsp3) is 0.235. The average Bonchev–Trinajstić information content (AvgIpc) is 3.10. The molecule has 0 bridgehead atoms. The molecule has 2 heterocycles. The summed E-state index contributed by atoms with van der Waals surface area (Å²) >= 11 is 1.70. The lowest BCUT2D eigenvalue weighted by Crippen LogP contribution is -2.42. The van der Waals surface area contributed by atoms with Crippen LogP contribution in [0.2, 0.25) is 0 Å². The second-order valence-corrected chi connectivity index (χ2v) is 7.55. The minimum absolute atomic E-state index is 0.0617. The molecular formula is C17H15N3O5S2. The second kappa shape index (κ2) is 8.40. The second-order valence-electron chi connectivity index (χ2n) is 5.63. The van der Waals surface area contributed by atoms with Crippen molar-refractivity contribution in [3.8, 4) is 0 Å². The predicted molar refractivity (Wildman–Crippen MR) is 102 cm³/mol. The predicted octanol–water partition coefficient (Wildman–Crippen LogP) is 1.53. The van der Waals surface area contributed by atoms with Gasteiger partial charge < -0.3 is 5.32 Å². The molecule has 1 N–H and O–H groups in total. The van der Waals surface area contributed by atoms with Crippen molar-refractivity contribution >= 4 is 57.8 Å². The van der Waals surface area contributed by atoms with E-state index in [2.05, 4.69) is 5.32 Å². The van der Waals surface area contributed by atoms with Crippen LogP contribution in [0.4, 0.5) is 9.59 Å². The van der Waals surface area contributed by atoms with E-state index >= 15 is 0 Å². The van der Waals surface area contributed by atoms with E-state index in [1.54, 1.807) is 18.2 Å². The fourth-order valence-corrected chi connectivity index (χ4v) is 4.03. The summed E-state index contributed by atoms with van der Waals surface area (Å²) in [6, 6.07) is 9.09. The molecule has 1 aromatic carbocycles. The van der Waals surface area contributed by atoms with Gasteiger partial charge in [-0.05, 0) is 23.4 Å². The first-order chi connectivity index (χ1) is 13.0. The zero-order chi connectivity index (χ0) is 19.4. The number of carbonyl (C=O) groups is 5. The summed E-state index contributed by atoms with van der Waals surface area (Å²) in [4.78, 5) is 61.5. The van der Waals surface area contributed by atoms with E-state index in [0.717, 1.165) is 38.9 Å². The summed E-state index contributed by atoms with van der Waals surface area (Å²) in [6.07, 6.45) is 1.60. The Morgan fingerprint density at radius 2 is 1.81 bits per heavy atom. The van der Waals surface area contributed by atoms with Crippen molar-refractivity contribution in [2.45, 2.75) is 0 Å². The van der Waals surface area contributed by atoms with Crippen LogP contribution in [0.5, 0.6) is 0 Å². The largest absolute Gasteiger partial charge is 0.353 e. The highest BCUT2D eigenvalue weighted by molar-refractivity contribution is 8.18. The van der Waals surface area contributed by atoms with Gasteiger partial charge in [-0.25, -0.2) is 0 Å². The fourth-order valence-electron chi connectivity index (χ4n) is 2.44. The van der Waals surface area contributed by atoms with Gasteiger partial charge in [0.2, 0.25) is 11.8 Å². The number of hydrogen-bond donors (Lipinski definition) is 1. The third kappa shape index (κ3) is 4.58. The van der Waals surface area contributed by atoms with Gasteiger partial charge in [0.1, 0.15) is 6.54 Å². The Bertz CT molecular complexity index is 824. The molecule has 2 aliphatic rings. The quantitative estimate of drug-likeness (QED) is 0.716. The molecule has 0 aromatic heterocycles. The van der Waals surface area contributed by atoms with E-state index in [4.69, 9.17) is 0 Å². The van der Waals surface area contributed by atoms with Gasteiger partial charge in [0.25, 0.3) is 16.4 Å². The first-order valence-corrected chi connectivity index (χ1v) is 9.80. The van der Waals surface area contributed by atoms with Crippen molar-refractivity contribution in [1.82, 2.24) is 15.1 Å². The van der Waals surface area contributed by atoms with E-state index in [1.807, 2.05) is 18.2 Å². The van der Waals surface area contributed by atoms with E-state index < -0.39 is 23.6 Å². The minimum atomic E-state index is -0.537. The molecule has 0 radical (unpaired) electrons. The van der Waals surface area contributed by atoms with Crippen LogP contribution in [-0.4, -0.2) is 63.4 Å². The molecule has 27 heavy (non-hydrogen) atoms. The third-order valence-electron chi connectivity index (χ3n) is 3.77. The normalized spacial score (nSPS) is 18.7. The number of benzene rings is 1. The van der Waals surface area contributed by atoms with Crippen LogP contribution in [0, 0.1) is 0 Å².